The second-order valence-electron chi connectivity index (χ2n) is 5.32. The Morgan fingerprint density at radius 2 is 1.96 bits per heavy atom. The molecule has 0 saturated carbocycles. The molecule has 1 atom stereocenters. The number of rotatable bonds is 6. The van der Waals surface area contributed by atoms with Crippen molar-refractivity contribution in [2.24, 2.45) is 0 Å². The predicted molar refractivity (Wildman–Crippen MR) is 91.6 cm³/mol. The number of hydrogen-bond donors (Lipinski definition) is 1. The lowest BCUT2D eigenvalue weighted by Gasteiger charge is -2.15. The lowest BCUT2D eigenvalue weighted by molar-refractivity contribution is 0.0952. The van der Waals surface area contributed by atoms with Gasteiger partial charge in [-0.3, -0.25) is 4.79 Å². The fourth-order valence-electron chi connectivity index (χ4n) is 2.33. The van der Waals surface area contributed by atoms with E-state index in [0.717, 1.165) is 29.5 Å². The van der Waals surface area contributed by atoms with E-state index in [4.69, 9.17) is 4.42 Å². The van der Waals surface area contributed by atoms with Crippen molar-refractivity contribution in [3.8, 4) is 0 Å². The summed E-state index contributed by atoms with van der Waals surface area (Å²) >= 11 is 1.06. The maximum absolute atomic E-state index is 13.3. The van der Waals surface area contributed by atoms with Gasteiger partial charge in [0.25, 0.3) is 5.91 Å². The third kappa shape index (κ3) is 3.68. The summed E-state index contributed by atoms with van der Waals surface area (Å²) in [6.45, 7) is -0.286. The summed E-state index contributed by atoms with van der Waals surface area (Å²) in [5.41, 5.74) is -0.115. The molecule has 26 heavy (non-hydrogen) atoms. The van der Waals surface area contributed by atoms with E-state index in [1.807, 2.05) is 0 Å². The summed E-state index contributed by atoms with van der Waals surface area (Å²) in [5.74, 6) is -2.78. The zero-order valence-corrected chi connectivity index (χ0v) is 14.8. The van der Waals surface area contributed by atoms with Crippen molar-refractivity contribution in [1.29, 1.82) is 0 Å². The zero-order chi connectivity index (χ0) is 18.7. The van der Waals surface area contributed by atoms with Crippen LogP contribution in [0.3, 0.4) is 0 Å². The van der Waals surface area contributed by atoms with E-state index >= 15 is 0 Å². The van der Waals surface area contributed by atoms with Gasteiger partial charge in [0.1, 0.15) is 15.2 Å². The van der Waals surface area contributed by atoms with E-state index in [1.165, 1.54) is 18.4 Å². The van der Waals surface area contributed by atoms with Gasteiger partial charge in [-0.1, -0.05) is 6.07 Å². The van der Waals surface area contributed by atoms with Crippen LogP contribution in [-0.4, -0.2) is 20.9 Å². The van der Waals surface area contributed by atoms with Gasteiger partial charge in [-0.05, 0) is 41.8 Å². The number of thiophene rings is 1. The van der Waals surface area contributed by atoms with E-state index in [1.54, 1.807) is 17.5 Å². The van der Waals surface area contributed by atoms with E-state index in [-0.39, 0.29) is 22.1 Å². The number of amides is 1. The molecule has 3 aromatic rings. The van der Waals surface area contributed by atoms with Crippen LogP contribution < -0.4 is 5.32 Å². The summed E-state index contributed by atoms with van der Waals surface area (Å²) < 4.78 is 57.3. The van der Waals surface area contributed by atoms with Crippen LogP contribution in [0.2, 0.25) is 0 Å². The highest BCUT2D eigenvalue weighted by molar-refractivity contribution is 7.93. The van der Waals surface area contributed by atoms with Crippen molar-refractivity contribution in [1.82, 2.24) is 5.32 Å². The van der Waals surface area contributed by atoms with Crippen LogP contribution in [0, 0.1) is 11.6 Å². The van der Waals surface area contributed by atoms with Crippen molar-refractivity contribution >= 4 is 27.1 Å². The minimum absolute atomic E-state index is 0.115. The standard InChI is InChI=1S/C17H13F2NO4S2/c18-12-6-5-11(9-13(12)19)17(21)20-10-15(14-3-1-7-24-14)26(22,23)16-4-2-8-25-16/h1-9,15H,10H2,(H,20,21)/t15-/m1/s1. The Labute approximate surface area is 152 Å². The number of furan rings is 1. The normalized spacial score (nSPS) is 12.7. The summed E-state index contributed by atoms with van der Waals surface area (Å²) in [5, 5.41) is 2.92. The number of nitrogens with one attached hydrogen (secondary N) is 1. The number of carbonyl (C=O) groups excluding carboxylic acids is 1. The first-order chi connectivity index (χ1) is 12.4. The van der Waals surface area contributed by atoms with Crippen LogP contribution in [0.1, 0.15) is 21.4 Å². The summed E-state index contributed by atoms with van der Waals surface area (Å²) in [4.78, 5) is 12.2. The fourth-order valence-corrected chi connectivity index (χ4v) is 5.12. The van der Waals surface area contributed by atoms with Crippen molar-refractivity contribution in [2.45, 2.75) is 9.46 Å². The van der Waals surface area contributed by atoms with E-state index in [9.17, 15) is 22.0 Å². The van der Waals surface area contributed by atoms with Crippen molar-refractivity contribution in [2.75, 3.05) is 6.54 Å². The van der Waals surface area contributed by atoms with E-state index < -0.39 is 32.6 Å². The lowest BCUT2D eigenvalue weighted by Crippen LogP contribution is -2.31. The molecule has 2 aromatic heterocycles. The molecule has 0 bridgehead atoms. The van der Waals surface area contributed by atoms with Gasteiger partial charge in [-0.15, -0.1) is 11.3 Å². The summed E-state index contributed by atoms with van der Waals surface area (Å²) in [6, 6.07) is 8.81. The van der Waals surface area contributed by atoms with E-state index in [2.05, 4.69) is 5.32 Å². The monoisotopic (exact) mass is 397 g/mol. The molecule has 0 aliphatic carbocycles. The third-order valence-electron chi connectivity index (χ3n) is 3.64. The molecule has 9 heteroatoms. The lowest BCUT2D eigenvalue weighted by atomic mass is 10.2. The van der Waals surface area contributed by atoms with Crippen LogP contribution in [0.25, 0.3) is 0 Å². The minimum Gasteiger partial charge on any atom is -0.468 e. The Bertz CT molecular complexity index is 1000. The Balaban J connectivity index is 1.83. The first-order valence-corrected chi connectivity index (χ1v) is 9.86. The molecule has 0 aliphatic heterocycles. The Morgan fingerprint density at radius 1 is 1.15 bits per heavy atom. The number of benzene rings is 1. The van der Waals surface area contributed by atoms with Crippen molar-refractivity contribution < 1.29 is 26.4 Å². The van der Waals surface area contributed by atoms with Gasteiger partial charge in [0.15, 0.2) is 21.5 Å². The summed E-state index contributed by atoms with van der Waals surface area (Å²) in [6.07, 6.45) is 1.34. The van der Waals surface area contributed by atoms with Gasteiger partial charge >= 0.3 is 0 Å². The molecule has 3 rings (SSSR count). The van der Waals surface area contributed by atoms with Gasteiger partial charge in [-0.25, -0.2) is 17.2 Å². The Morgan fingerprint density at radius 3 is 2.58 bits per heavy atom. The predicted octanol–water partition coefficient (Wildman–Crippen LogP) is 3.56. The summed E-state index contributed by atoms with van der Waals surface area (Å²) in [7, 11) is -3.80. The Hall–Kier alpha value is -2.52. The van der Waals surface area contributed by atoms with Gasteiger partial charge in [0.2, 0.25) is 0 Å². The second-order valence-corrected chi connectivity index (χ2v) is 8.63. The molecule has 1 amide bonds. The van der Waals surface area contributed by atoms with Gasteiger partial charge < -0.3 is 9.73 Å². The molecule has 136 valence electrons. The maximum Gasteiger partial charge on any atom is 0.251 e. The fraction of sp³-hybridized carbons (Fsp3) is 0.118. The average Bonchev–Trinajstić information content (AvgIpc) is 3.30. The molecule has 1 N–H and O–H groups in total. The van der Waals surface area contributed by atoms with Crippen LogP contribution in [0.4, 0.5) is 8.78 Å². The number of hydrogen-bond acceptors (Lipinski definition) is 5. The highest BCUT2D eigenvalue weighted by atomic mass is 32.2. The van der Waals surface area contributed by atoms with Crippen LogP contribution in [0.15, 0.2) is 62.7 Å². The highest BCUT2D eigenvalue weighted by Gasteiger charge is 2.32. The molecular weight excluding hydrogens is 384 g/mol. The maximum atomic E-state index is 13.3. The third-order valence-corrected chi connectivity index (χ3v) is 7.13. The smallest absolute Gasteiger partial charge is 0.251 e. The van der Waals surface area contributed by atoms with E-state index in [0.29, 0.717) is 0 Å². The molecule has 2 heterocycles. The van der Waals surface area contributed by atoms with Crippen LogP contribution in [-0.2, 0) is 9.84 Å². The van der Waals surface area contributed by atoms with Crippen LogP contribution in [0.5, 0.6) is 0 Å². The molecule has 0 saturated heterocycles. The largest absolute Gasteiger partial charge is 0.468 e. The molecule has 0 spiro atoms. The molecule has 0 unspecified atom stereocenters. The molecule has 0 aliphatic rings. The van der Waals surface area contributed by atoms with Crippen molar-refractivity contribution in [3.05, 3.63) is 77.1 Å². The van der Waals surface area contributed by atoms with Crippen molar-refractivity contribution in [3.63, 3.8) is 0 Å². The number of sulfone groups is 1. The molecule has 1 aromatic carbocycles. The highest BCUT2D eigenvalue weighted by Crippen LogP contribution is 2.31. The van der Waals surface area contributed by atoms with Gasteiger partial charge in [0, 0.05) is 12.1 Å². The minimum atomic E-state index is -3.80. The van der Waals surface area contributed by atoms with Crippen LogP contribution >= 0.6 is 11.3 Å². The molecule has 0 fully saturated rings. The SMILES string of the molecule is O=C(NC[C@H](c1ccco1)S(=O)(=O)c1cccs1)c1ccc(F)c(F)c1. The van der Waals surface area contributed by atoms with Gasteiger partial charge in [-0.2, -0.15) is 0 Å². The molecule has 5 nitrogen and oxygen atoms in total. The number of halogens is 2. The zero-order valence-electron chi connectivity index (χ0n) is 13.2. The average molecular weight is 397 g/mol. The second kappa shape index (κ2) is 7.38. The first-order valence-electron chi connectivity index (χ1n) is 7.43. The van der Waals surface area contributed by atoms with Gasteiger partial charge in [0.05, 0.1) is 6.26 Å². The molecular formula is C17H13F2NO4S2. The Kier molecular flexibility index (Phi) is 5.19. The topological polar surface area (TPSA) is 76.4 Å². The quantitative estimate of drug-likeness (QED) is 0.690. The molecule has 0 radical (unpaired) electrons. The number of carbonyl (C=O) groups is 1. The first kappa shape index (κ1) is 18.3.